The third-order valence-corrected chi connectivity index (χ3v) is 8.25. The van der Waals surface area contributed by atoms with Gasteiger partial charge >= 0.3 is 0 Å². The maximum atomic E-state index is 12.9. The Labute approximate surface area is 224 Å². The number of benzene rings is 4. The normalized spacial score (nSPS) is 21.4. The van der Waals surface area contributed by atoms with Gasteiger partial charge in [-0.05, 0) is 35.1 Å². The first-order valence-corrected chi connectivity index (χ1v) is 13.6. The zero-order valence-corrected chi connectivity index (χ0v) is 21.4. The molecule has 0 bridgehead atoms. The van der Waals surface area contributed by atoms with Crippen LogP contribution in [-0.2, 0) is 20.7 Å². The van der Waals surface area contributed by atoms with Gasteiger partial charge in [-0.3, -0.25) is 0 Å². The fraction of sp³-hybridized carbons (Fsp3) is 0.294. The first-order valence-electron chi connectivity index (χ1n) is 13.6. The SMILES string of the molecule is OC(c1ccccc1)(c1ccccc1)C1OC2(CCCCC2)O[C@H]1C(O)(c1ccccc1)c1ccccc1. The van der Waals surface area contributed by atoms with Crippen LogP contribution < -0.4 is 0 Å². The average molecular weight is 507 g/mol. The predicted octanol–water partition coefficient (Wildman–Crippen LogP) is 6.30. The zero-order valence-electron chi connectivity index (χ0n) is 21.4. The number of aliphatic hydroxyl groups is 2. The van der Waals surface area contributed by atoms with E-state index in [9.17, 15) is 10.2 Å². The minimum Gasteiger partial charge on any atom is -0.378 e. The van der Waals surface area contributed by atoms with Crippen molar-refractivity contribution >= 4 is 0 Å². The van der Waals surface area contributed by atoms with Gasteiger partial charge in [0.05, 0.1) is 0 Å². The van der Waals surface area contributed by atoms with Crippen LogP contribution in [0.3, 0.4) is 0 Å². The van der Waals surface area contributed by atoms with Crippen molar-refractivity contribution in [2.75, 3.05) is 0 Å². The molecule has 4 nitrogen and oxygen atoms in total. The van der Waals surface area contributed by atoms with Gasteiger partial charge in [-0.25, -0.2) is 0 Å². The summed E-state index contributed by atoms with van der Waals surface area (Å²) < 4.78 is 13.9. The van der Waals surface area contributed by atoms with Gasteiger partial charge in [0.2, 0.25) is 0 Å². The van der Waals surface area contributed by atoms with Gasteiger partial charge < -0.3 is 19.7 Å². The Bertz CT molecular complexity index is 1140. The molecule has 1 heterocycles. The minimum atomic E-state index is -1.58. The summed E-state index contributed by atoms with van der Waals surface area (Å²) in [5, 5.41) is 25.8. The second kappa shape index (κ2) is 10.1. The van der Waals surface area contributed by atoms with E-state index in [1.54, 1.807) is 0 Å². The van der Waals surface area contributed by atoms with Crippen LogP contribution in [-0.4, -0.2) is 28.2 Å². The molecule has 2 aliphatic rings. The molecule has 1 spiro atoms. The van der Waals surface area contributed by atoms with Gasteiger partial charge in [0.15, 0.2) is 5.79 Å². The van der Waals surface area contributed by atoms with Crippen LogP contribution in [0.25, 0.3) is 0 Å². The lowest BCUT2D eigenvalue weighted by molar-refractivity contribution is -0.213. The number of hydrogen-bond acceptors (Lipinski definition) is 4. The Hall–Kier alpha value is -3.28. The minimum absolute atomic E-state index is 0.695. The molecular weight excluding hydrogens is 472 g/mol. The fourth-order valence-electron chi connectivity index (χ4n) is 6.31. The number of rotatable bonds is 6. The van der Waals surface area contributed by atoms with Crippen molar-refractivity contribution in [2.45, 2.75) is 61.3 Å². The molecule has 194 valence electrons. The standard InChI is InChI=1S/C34H34O4/c35-33(26-16-6-1-7-17-26,27-18-8-2-9-19-27)30-31(38-32(37-30)24-14-5-15-25-32)34(36,28-20-10-3-11-21-28)29-22-12-4-13-23-29/h1-4,6-13,16-23,30-31,35-36H,5,14-15,24-25H2/t30-,31?/m1/s1. The van der Waals surface area contributed by atoms with Crippen molar-refractivity contribution in [2.24, 2.45) is 0 Å². The lowest BCUT2D eigenvalue weighted by Crippen LogP contribution is -2.54. The summed E-state index contributed by atoms with van der Waals surface area (Å²) in [6, 6.07) is 38.5. The van der Waals surface area contributed by atoms with Gasteiger partial charge in [0, 0.05) is 12.8 Å². The highest BCUT2D eigenvalue weighted by Crippen LogP contribution is 2.53. The van der Waals surface area contributed by atoms with Gasteiger partial charge in [-0.1, -0.05) is 128 Å². The van der Waals surface area contributed by atoms with E-state index in [1.165, 1.54) is 0 Å². The molecule has 1 saturated carbocycles. The van der Waals surface area contributed by atoms with Crippen LogP contribution in [0.2, 0.25) is 0 Å². The molecule has 2 fully saturated rings. The van der Waals surface area contributed by atoms with Crippen molar-refractivity contribution in [3.8, 4) is 0 Å². The van der Waals surface area contributed by atoms with Crippen LogP contribution in [0, 0.1) is 0 Å². The van der Waals surface area contributed by atoms with E-state index in [0.717, 1.165) is 32.1 Å². The second-order valence-electron chi connectivity index (χ2n) is 10.5. The molecule has 38 heavy (non-hydrogen) atoms. The van der Waals surface area contributed by atoms with Crippen LogP contribution >= 0.6 is 0 Å². The van der Waals surface area contributed by atoms with E-state index in [0.29, 0.717) is 22.3 Å². The summed E-state index contributed by atoms with van der Waals surface area (Å²) in [7, 11) is 0. The topological polar surface area (TPSA) is 58.9 Å². The molecule has 1 aliphatic carbocycles. The van der Waals surface area contributed by atoms with Crippen LogP contribution in [0.4, 0.5) is 0 Å². The Morgan fingerprint density at radius 3 is 1.05 bits per heavy atom. The highest BCUT2D eigenvalue weighted by molar-refractivity contribution is 5.43. The quantitative estimate of drug-likeness (QED) is 0.322. The molecule has 2 atom stereocenters. The Kier molecular flexibility index (Phi) is 6.67. The van der Waals surface area contributed by atoms with E-state index in [1.807, 2.05) is 121 Å². The monoisotopic (exact) mass is 506 g/mol. The highest BCUT2D eigenvalue weighted by Gasteiger charge is 2.63. The zero-order chi connectivity index (χ0) is 26.1. The van der Waals surface area contributed by atoms with Crippen LogP contribution in [0.1, 0.15) is 54.4 Å². The molecule has 0 radical (unpaired) electrons. The van der Waals surface area contributed by atoms with Gasteiger partial charge in [-0.2, -0.15) is 0 Å². The van der Waals surface area contributed by atoms with Gasteiger partial charge in [0.1, 0.15) is 23.4 Å². The lowest BCUT2D eigenvalue weighted by atomic mass is 9.72. The van der Waals surface area contributed by atoms with Crippen molar-refractivity contribution in [1.82, 2.24) is 0 Å². The maximum Gasteiger partial charge on any atom is 0.169 e. The number of ether oxygens (including phenoxy) is 2. The molecule has 1 saturated heterocycles. The first kappa shape index (κ1) is 25.0. The maximum absolute atomic E-state index is 12.9. The molecule has 4 aromatic rings. The summed E-state index contributed by atoms with van der Waals surface area (Å²) in [6.45, 7) is 0. The van der Waals surface area contributed by atoms with Crippen molar-refractivity contribution in [1.29, 1.82) is 0 Å². The van der Waals surface area contributed by atoms with Crippen LogP contribution in [0.5, 0.6) is 0 Å². The van der Waals surface area contributed by atoms with E-state index in [2.05, 4.69) is 0 Å². The van der Waals surface area contributed by atoms with E-state index >= 15 is 0 Å². The van der Waals surface area contributed by atoms with Crippen molar-refractivity contribution in [3.63, 3.8) is 0 Å². The molecular formula is C34H34O4. The Balaban J connectivity index is 1.59. The lowest BCUT2D eigenvalue weighted by Gasteiger charge is -2.42. The molecule has 1 unspecified atom stereocenters. The molecule has 2 N–H and O–H groups in total. The summed E-state index contributed by atoms with van der Waals surface area (Å²) in [6.07, 6.45) is 2.73. The molecule has 4 aromatic carbocycles. The Morgan fingerprint density at radius 1 is 0.474 bits per heavy atom. The average Bonchev–Trinajstić information content (AvgIpc) is 3.37. The summed E-state index contributed by atoms with van der Waals surface area (Å²) >= 11 is 0. The first-order chi connectivity index (χ1) is 18.6. The molecule has 0 aromatic heterocycles. The smallest absolute Gasteiger partial charge is 0.169 e. The number of hydrogen-bond donors (Lipinski definition) is 2. The largest absolute Gasteiger partial charge is 0.378 e. The fourth-order valence-corrected chi connectivity index (χ4v) is 6.31. The summed E-state index contributed by atoms with van der Waals surface area (Å²) in [5.41, 5.74) is -0.373. The molecule has 4 heteroatoms. The second-order valence-corrected chi connectivity index (χ2v) is 10.5. The van der Waals surface area contributed by atoms with E-state index in [-0.39, 0.29) is 0 Å². The van der Waals surface area contributed by atoms with E-state index < -0.39 is 29.2 Å². The van der Waals surface area contributed by atoms with Crippen molar-refractivity contribution in [3.05, 3.63) is 144 Å². The predicted molar refractivity (Wildman–Crippen MR) is 147 cm³/mol. The molecule has 6 rings (SSSR count). The van der Waals surface area contributed by atoms with Gasteiger partial charge in [0.25, 0.3) is 0 Å². The van der Waals surface area contributed by atoms with Gasteiger partial charge in [-0.15, -0.1) is 0 Å². The Morgan fingerprint density at radius 2 is 0.763 bits per heavy atom. The van der Waals surface area contributed by atoms with Crippen LogP contribution in [0.15, 0.2) is 121 Å². The van der Waals surface area contributed by atoms with E-state index in [4.69, 9.17) is 9.47 Å². The molecule has 1 aliphatic heterocycles. The third-order valence-electron chi connectivity index (χ3n) is 8.25. The highest BCUT2D eigenvalue weighted by atomic mass is 16.8. The third kappa shape index (κ3) is 4.18. The summed E-state index contributed by atoms with van der Waals surface area (Å²) in [5.74, 6) is -0.872. The molecule has 0 amide bonds. The summed E-state index contributed by atoms with van der Waals surface area (Å²) in [4.78, 5) is 0. The van der Waals surface area contributed by atoms with Crippen molar-refractivity contribution < 1.29 is 19.7 Å².